The standard InChI is InChI=1S/C24H28N4O3S/c1-15-6-4-5-11-24(15)21(30)28(23(31)27-24)13-20(29)26-22-25-19(14-32-22)18-10-9-16-7-2-3-8-17(16)12-18/h9-10,12,14-15H,2-8,11,13H2,1H3,(H,27,31)(H,25,26,29)/t15-,24-/m1/s1. The van der Waals surface area contributed by atoms with Crippen molar-refractivity contribution >= 4 is 34.3 Å². The van der Waals surface area contributed by atoms with E-state index >= 15 is 0 Å². The lowest BCUT2D eigenvalue weighted by Crippen LogP contribution is -2.54. The highest BCUT2D eigenvalue weighted by Crippen LogP contribution is 2.38. The number of nitrogens with zero attached hydrogens (tertiary/aromatic N) is 2. The molecule has 2 aromatic rings. The molecule has 5 rings (SSSR count). The van der Waals surface area contributed by atoms with Gasteiger partial charge in [0.2, 0.25) is 5.91 Å². The third kappa shape index (κ3) is 3.70. The van der Waals surface area contributed by atoms with Gasteiger partial charge in [-0.3, -0.25) is 14.5 Å². The number of carbonyl (C=O) groups excluding carboxylic acids is 3. The second-order valence-corrected chi connectivity index (χ2v) is 10.1. The average Bonchev–Trinajstić information content (AvgIpc) is 3.34. The van der Waals surface area contributed by atoms with E-state index in [9.17, 15) is 14.4 Å². The van der Waals surface area contributed by atoms with Gasteiger partial charge in [0.15, 0.2) is 5.13 Å². The molecule has 32 heavy (non-hydrogen) atoms. The average molecular weight is 453 g/mol. The molecule has 168 valence electrons. The van der Waals surface area contributed by atoms with Crippen molar-refractivity contribution in [3.05, 3.63) is 34.7 Å². The first-order chi connectivity index (χ1) is 15.5. The van der Waals surface area contributed by atoms with Crippen molar-refractivity contribution in [2.24, 2.45) is 5.92 Å². The highest BCUT2D eigenvalue weighted by Gasteiger charge is 2.55. The van der Waals surface area contributed by atoms with E-state index < -0.39 is 17.5 Å². The number of nitrogens with one attached hydrogen (secondary N) is 2. The van der Waals surface area contributed by atoms with Gasteiger partial charge in [-0.15, -0.1) is 11.3 Å². The van der Waals surface area contributed by atoms with Gasteiger partial charge in [0.1, 0.15) is 12.1 Å². The van der Waals surface area contributed by atoms with Gasteiger partial charge in [-0.05, 0) is 61.6 Å². The Morgan fingerprint density at radius 3 is 2.84 bits per heavy atom. The second-order valence-electron chi connectivity index (χ2n) is 9.22. The molecule has 2 atom stereocenters. The maximum absolute atomic E-state index is 13.0. The van der Waals surface area contributed by atoms with Crippen LogP contribution in [0.15, 0.2) is 23.6 Å². The van der Waals surface area contributed by atoms with Gasteiger partial charge in [0.05, 0.1) is 5.69 Å². The Morgan fingerprint density at radius 2 is 2.03 bits per heavy atom. The van der Waals surface area contributed by atoms with Crippen LogP contribution in [-0.4, -0.2) is 39.8 Å². The van der Waals surface area contributed by atoms with Gasteiger partial charge in [-0.1, -0.05) is 31.9 Å². The van der Waals surface area contributed by atoms with Crippen LogP contribution in [0, 0.1) is 5.92 Å². The minimum Gasteiger partial charge on any atom is -0.323 e. The summed E-state index contributed by atoms with van der Waals surface area (Å²) in [5, 5.41) is 8.03. The number of aryl methyl sites for hydroxylation is 2. The fraction of sp³-hybridized carbons (Fsp3) is 0.500. The minimum atomic E-state index is -0.851. The number of rotatable bonds is 4. The van der Waals surface area contributed by atoms with Gasteiger partial charge >= 0.3 is 6.03 Å². The van der Waals surface area contributed by atoms with Crippen LogP contribution in [0.3, 0.4) is 0 Å². The first kappa shape index (κ1) is 21.1. The molecule has 1 saturated carbocycles. The van der Waals surface area contributed by atoms with E-state index in [1.54, 1.807) is 0 Å². The Labute approximate surface area is 191 Å². The fourth-order valence-electron chi connectivity index (χ4n) is 5.30. The van der Waals surface area contributed by atoms with Crippen molar-refractivity contribution in [1.29, 1.82) is 0 Å². The van der Waals surface area contributed by atoms with E-state index in [0.29, 0.717) is 11.6 Å². The summed E-state index contributed by atoms with van der Waals surface area (Å²) in [5.41, 5.74) is 3.82. The summed E-state index contributed by atoms with van der Waals surface area (Å²) in [6.45, 7) is 1.70. The SMILES string of the molecule is C[C@@H]1CCCC[C@@]12NC(=O)N(CC(=O)Nc1nc(-c3ccc4c(c3)CCCC4)cs1)C2=O. The van der Waals surface area contributed by atoms with Crippen LogP contribution in [0.4, 0.5) is 9.93 Å². The Morgan fingerprint density at radius 1 is 1.22 bits per heavy atom. The number of hydrogen-bond donors (Lipinski definition) is 2. The highest BCUT2D eigenvalue weighted by molar-refractivity contribution is 7.14. The highest BCUT2D eigenvalue weighted by atomic mass is 32.1. The van der Waals surface area contributed by atoms with E-state index in [1.807, 2.05) is 12.3 Å². The molecule has 4 amide bonds. The van der Waals surface area contributed by atoms with Crippen LogP contribution in [0.25, 0.3) is 11.3 Å². The number of anilines is 1. The quantitative estimate of drug-likeness (QED) is 0.683. The molecule has 2 fully saturated rings. The Hall–Kier alpha value is -2.74. The zero-order valence-electron chi connectivity index (χ0n) is 18.3. The van der Waals surface area contributed by atoms with E-state index in [1.165, 1.54) is 35.3 Å². The molecule has 2 aliphatic carbocycles. The number of aromatic nitrogens is 1. The predicted molar refractivity (Wildman–Crippen MR) is 123 cm³/mol. The first-order valence-electron chi connectivity index (χ1n) is 11.5. The number of benzene rings is 1. The molecule has 0 unspecified atom stereocenters. The van der Waals surface area contributed by atoms with Crippen molar-refractivity contribution in [2.75, 3.05) is 11.9 Å². The number of imide groups is 1. The van der Waals surface area contributed by atoms with Crippen molar-refractivity contribution < 1.29 is 14.4 Å². The van der Waals surface area contributed by atoms with Gasteiger partial charge in [-0.2, -0.15) is 0 Å². The van der Waals surface area contributed by atoms with E-state index in [-0.39, 0.29) is 18.4 Å². The molecular weight excluding hydrogens is 424 g/mol. The molecule has 1 spiro atoms. The minimum absolute atomic E-state index is 0.0684. The predicted octanol–water partition coefficient (Wildman–Crippen LogP) is 4.13. The molecule has 1 aromatic carbocycles. The lowest BCUT2D eigenvalue weighted by molar-refractivity contribution is -0.136. The Bertz CT molecular complexity index is 1080. The summed E-state index contributed by atoms with van der Waals surface area (Å²) in [6, 6.07) is 5.99. The normalized spacial score (nSPS) is 25.0. The van der Waals surface area contributed by atoms with E-state index in [4.69, 9.17) is 0 Å². The summed E-state index contributed by atoms with van der Waals surface area (Å²) in [4.78, 5) is 43.8. The van der Waals surface area contributed by atoms with Crippen molar-refractivity contribution in [3.8, 4) is 11.3 Å². The van der Waals surface area contributed by atoms with Gasteiger partial charge in [0, 0.05) is 10.9 Å². The lowest BCUT2D eigenvalue weighted by atomic mass is 9.73. The van der Waals surface area contributed by atoms with Crippen LogP contribution in [0.1, 0.15) is 56.6 Å². The molecule has 1 saturated heterocycles. The van der Waals surface area contributed by atoms with E-state index in [0.717, 1.165) is 48.3 Å². The summed E-state index contributed by atoms with van der Waals surface area (Å²) in [7, 11) is 0. The fourth-order valence-corrected chi connectivity index (χ4v) is 6.03. The van der Waals surface area contributed by atoms with E-state index in [2.05, 4.69) is 33.8 Å². The third-order valence-electron chi connectivity index (χ3n) is 7.20. The number of fused-ring (bicyclic) bond motifs is 1. The Kier molecular flexibility index (Phi) is 5.49. The molecule has 2 heterocycles. The van der Waals surface area contributed by atoms with Crippen molar-refractivity contribution in [1.82, 2.24) is 15.2 Å². The number of urea groups is 1. The summed E-state index contributed by atoms with van der Waals surface area (Å²) >= 11 is 1.34. The lowest BCUT2D eigenvalue weighted by Gasteiger charge is -2.36. The molecule has 7 nitrogen and oxygen atoms in total. The largest absolute Gasteiger partial charge is 0.325 e. The Balaban J connectivity index is 1.25. The molecule has 2 N–H and O–H groups in total. The molecule has 8 heteroatoms. The summed E-state index contributed by atoms with van der Waals surface area (Å²) in [5.74, 6) is -0.627. The summed E-state index contributed by atoms with van der Waals surface area (Å²) in [6.07, 6.45) is 8.20. The maximum atomic E-state index is 13.0. The van der Waals surface area contributed by atoms with Crippen LogP contribution in [-0.2, 0) is 22.4 Å². The molecule has 3 aliphatic rings. The third-order valence-corrected chi connectivity index (χ3v) is 7.96. The van der Waals surface area contributed by atoms with Crippen LogP contribution >= 0.6 is 11.3 Å². The summed E-state index contributed by atoms with van der Waals surface area (Å²) < 4.78 is 0. The molecular formula is C24H28N4O3S. The number of amides is 4. The molecule has 1 aromatic heterocycles. The van der Waals surface area contributed by atoms with Crippen LogP contribution in [0.5, 0.6) is 0 Å². The topological polar surface area (TPSA) is 91.4 Å². The number of hydrogen-bond acceptors (Lipinski definition) is 5. The monoisotopic (exact) mass is 452 g/mol. The van der Waals surface area contributed by atoms with Gasteiger partial charge in [0.25, 0.3) is 5.91 Å². The first-order valence-corrected chi connectivity index (χ1v) is 12.4. The zero-order valence-corrected chi connectivity index (χ0v) is 19.1. The molecule has 0 radical (unpaired) electrons. The van der Waals surface area contributed by atoms with Crippen molar-refractivity contribution in [2.45, 2.75) is 63.8 Å². The zero-order chi connectivity index (χ0) is 22.3. The molecule has 0 bridgehead atoms. The van der Waals surface area contributed by atoms with Gasteiger partial charge in [-0.25, -0.2) is 9.78 Å². The van der Waals surface area contributed by atoms with Crippen LogP contribution < -0.4 is 10.6 Å². The molecule has 1 aliphatic heterocycles. The number of thiazole rings is 1. The van der Waals surface area contributed by atoms with Gasteiger partial charge < -0.3 is 10.6 Å². The van der Waals surface area contributed by atoms with Crippen LogP contribution in [0.2, 0.25) is 0 Å². The van der Waals surface area contributed by atoms with Crippen molar-refractivity contribution in [3.63, 3.8) is 0 Å². The maximum Gasteiger partial charge on any atom is 0.325 e. The number of carbonyl (C=O) groups is 3. The second kappa shape index (κ2) is 8.31. The smallest absolute Gasteiger partial charge is 0.323 e.